The smallest absolute Gasteiger partial charge is 0.402 e. The Morgan fingerprint density at radius 3 is 0.395 bits per heavy atom. The van der Waals surface area contributed by atoms with Crippen LogP contribution >= 0.6 is 22.2 Å². The fourth-order valence-corrected chi connectivity index (χ4v) is 55.7. The molecular formula is C68H60Cl2O8Si8. The molecule has 0 saturated carbocycles. The van der Waals surface area contributed by atoms with Gasteiger partial charge < -0.3 is 32.9 Å². The van der Waals surface area contributed by atoms with Gasteiger partial charge in [-0.25, -0.2) is 0 Å². The molecule has 0 N–H and O–H groups in total. The molecule has 11 aromatic rings. The Bertz CT molecular complexity index is 3400. The van der Waals surface area contributed by atoms with Crippen LogP contribution in [-0.4, -0.2) is 67.1 Å². The van der Waals surface area contributed by atoms with Crippen LogP contribution < -0.4 is 62.2 Å². The molecule has 426 valence electrons. The molecule has 2 aliphatic rings. The fraction of sp³-hybridized carbons (Fsp3) is 0.0294. The van der Waals surface area contributed by atoms with E-state index in [4.69, 9.17) is 55.1 Å². The molecular weight excluding hydrogens is 1240 g/mol. The van der Waals surface area contributed by atoms with E-state index in [1.807, 2.05) is 195 Å². The van der Waals surface area contributed by atoms with E-state index in [2.05, 4.69) is 146 Å². The Balaban J connectivity index is 1.14. The molecule has 0 unspecified atom stereocenters. The predicted octanol–water partition coefficient (Wildman–Crippen LogP) is 7.60. The summed E-state index contributed by atoms with van der Waals surface area (Å²) in [5.74, 6) is 0. The van der Waals surface area contributed by atoms with E-state index in [-0.39, 0.29) is 0 Å². The van der Waals surface area contributed by atoms with Gasteiger partial charge in [-0.15, -0.1) is 22.2 Å². The fourth-order valence-electron chi connectivity index (χ4n) is 11.9. The molecule has 2 aliphatic heterocycles. The first-order chi connectivity index (χ1) is 41.9. The van der Waals surface area contributed by atoms with E-state index < -0.39 is 67.1 Å². The predicted molar refractivity (Wildman–Crippen MR) is 365 cm³/mol. The van der Waals surface area contributed by atoms with Gasteiger partial charge in [0.1, 0.15) is 0 Å². The first-order valence-corrected chi connectivity index (χ1v) is 46.1. The Kier molecular flexibility index (Phi) is 16.4. The number of benzene rings is 11. The molecule has 2 saturated heterocycles. The van der Waals surface area contributed by atoms with Gasteiger partial charge in [0.05, 0.1) is 0 Å². The zero-order valence-corrected chi connectivity index (χ0v) is 56.7. The maximum Gasteiger partial charge on any atom is 0.423 e. The summed E-state index contributed by atoms with van der Waals surface area (Å²) in [7, 11) is -32.6. The minimum atomic E-state index is -4.34. The van der Waals surface area contributed by atoms with Crippen molar-refractivity contribution in [3.8, 4) is 0 Å². The summed E-state index contributed by atoms with van der Waals surface area (Å²) in [6.45, 7) is 3.81. The lowest BCUT2D eigenvalue weighted by Gasteiger charge is -2.52. The highest BCUT2D eigenvalue weighted by atomic mass is 35.6. The van der Waals surface area contributed by atoms with E-state index in [1.54, 1.807) is 0 Å². The molecule has 0 bridgehead atoms. The summed E-state index contributed by atoms with van der Waals surface area (Å²) in [4.78, 5) is 0. The van der Waals surface area contributed by atoms with Crippen LogP contribution in [0.1, 0.15) is 0 Å². The van der Waals surface area contributed by atoms with Crippen molar-refractivity contribution in [1.29, 1.82) is 0 Å². The van der Waals surface area contributed by atoms with E-state index in [9.17, 15) is 0 Å². The lowest BCUT2D eigenvalue weighted by molar-refractivity contribution is 0.266. The molecule has 0 radical (unpaired) electrons. The van der Waals surface area contributed by atoms with Gasteiger partial charge in [0.2, 0.25) is 0 Å². The topological polar surface area (TPSA) is 73.8 Å². The van der Waals surface area contributed by atoms with Gasteiger partial charge in [0, 0.05) is 0 Å². The Hall–Kier alpha value is -6.58. The molecule has 18 heteroatoms. The maximum atomic E-state index is 8.55. The molecule has 0 aromatic heterocycles. The minimum Gasteiger partial charge on any atom is -0.402 e. The molecule has 0 aliphatic carbocycles. The highest BCUT2D eigenvalue weighted by Gasteiger charge is 2.68. The molecule has 2 fully saturated rings. The SMILES string of the molecule is C[Si]1(Cl)O[Si](c2ccccc2)(c2ccccc2)O[Si](c2ccccc2)(c2ccc([Si]3(c4ccccc4)O[Si](c4ccccc4)(c4ccccc4)O[Si](C)(Cl)O[Si](c4ccccc4)(c4ccccc4)O3)cc2)O[Si](c2ccccc2)(c2ccccc2)O1. The summed E-state index contributed by atoms with van der Waals surface area (Å²) in [5.41, 5.74) is 0. The highest BCUT2D eigenvalue weighted by molar-refractivity contribution is 7.24. The van der Waals surface area contributed by atoms with Crippen molar-refractivity contribution in [3.05, 3.63) is 328 Å². The largest absolute Gasteiger partial charge is 0.423 e. The number of hydrogen-bond acceptors (Lipinski definition) is 8. The van der Waals surface area contributed by atoms with Crippen molar-refractivity contribution in [2.24, 2.45) is 0 Å². The van der Waals surface area contributed by atoms with Crippen molar-refractivity contribution in [2.75, 3.05) is 0 Å². The maximum absolute atomic E-state index is 8.55. The quantitative estimate of drug-likeness (QED) is 0.0917. The third-order valence-electron chi connectivity index (χ3n) is 15.6. The molecule has 0 spiro atoms. The van der Waals surface area contributed by atoms with Gasteiger partial charge in [-0.05, 0) is 75.3 Å². The van der Waals surface area contributed by atoms with Crippen molar-refractivity contribution < 1.29 is 32.9 Å². The van der Waals surface area contributed by atoms with Gasteiger partial charge >= 0.3 is 67.1 Å². The van der Waals surface area contributed by atoms with Gasteiger partial charge in [0.15, 0.2) is 0 Å². The standard InChI is InChI=1S/C68H60Cl2O8Si8/c1-79(69)71-81(57-33-13-3-14-34-57,58-35-15-4-16-36-58)75-85(65-49-29-11-30-50-65,76-82(72-79,59-37-17-5-18-38-59)60-39-19-6-20-40-60)67-53-55-68(56-54-67)86(66-51-31-12-32-52-66)77-83(61-41-21-7-22-42-61,62-43-23-8-24-44-62)73-80(2,70)74-84(78-86,63-45-25-9-26-46-63)64-47-27-10-28-48-64/h3-56H,1-2H3. The van der Waals surface area contributed by atoms with Crippen molar-refractivity contribution >= 4 is 152 Å². The summed E-state index contributed by atoms with van der Waals surface area (Å²) in [6, 6.07) is 111. The summed E-state index contributed by atoms with van der Waals surface area (Å²) in [5, 5.41) is 10.1. The van der Waals surface area contributed by atoms with Crippen molar-refractivity contribution in [3.63, 3.8) is 0 Å². The van der Waals surface area contributed by atoms with E-state index in [1.165, 1.54) is 0 Å². The molecule has 86 heavy (non-hydrogen) atoms. The van der Waals surface area contributed by atoms with Crippen LogP contribution in [0.4, 0.5) is 0 Å². The van der Waals surface area contributed by atoms with Crippen LogP contribution in [0.2, 0.25) is 13.1 Å². The second kappa shape index (κ2) is 24.2. The van der Waals surface area contributed by atoms with E-state index in [0.29, 0.717) is 0 Å². The van der Waals surface area contributed by atoms with Crippen LogP contribution in [0.15, 0.2) is 328 Å². The number of rotatable bonds is 12. The first kappa shape index (κ1) is 58.4. The average molecular weight is 1300 g/mol. The Morgan fingerprint density at radius 1 is 0.163 bits per heavy atom. The monoisotopic (exact) mass is 1300 g/mol. The lowest BCUT2D eigenvalue weighted by Crippen LogP contribution is -2.85. The van der Waals surface area contributed by atoms with Crippen molar-refractivity contribution in [2.45, 2.75) is 13.1 Å². The molecule has 2 heterocycles. The molecule has 8 nitrogen and oxygen atoms in total. The van der Waals surface area contributed by atoms with Crippen molar-refractivity contribution in [1.82, 2.24) is 0 Å². The van der Waals surface area contributed by atoms with Gasteiger partial charge in [-0.1, -0.05) is 328 Å². The lowest BCUT2D eigenvalue weighted by atomic mass is 10.3. The van der Waals surface area contributed by atoms with Crippen LogP contribution in [0, 0.1) is 0 Å². The molecule has 13 rings (SSSR count). The molecule has 11 aromatic carbocycles. The Morgan fingerprint density at radius 2 is 0.267 bits per heavy atom. The third kappa shape index (κ3) is 10.9. The van der Waals surface area contributed by atoms with Crippen LogP contribution in [0.3, 0.4) is 0 Å². The molecule has 0 amide bonds. The van der Waals surface area contributed by atoms with E-state index >= 15 is 0 Å². The van der Waals surface area contributed by atoms with Crippen LogP contribution in [0.5, 0.6) is 0 Å². The van der Waals surface area contributed by atoms with Crippen LogP contribution in [0.25, 0.3) is 0 Å². The average Bonchev–Trinajstić information content (AvgIpc) is 0.820. The van der Waals surface area contributed by atoms with Gasteiger partial charge in [-0.3, -0.25) is 0 Å². The zero-order chi connectivity index (χ0) is 58.8. The Labute approximate surface area is 521 Å². The van der Waals surface area contributed by atoms with Crippen LogP contribution in [-0.2, 0) is 32.9 Å². The summed E-state index contributed by atoms with van der Waals surface area (Å²) < 4.78 is 65.4. The third-order valence-corrected chi connectivity index (χ3v) is 51.2. The normalized spacial score (nSPS) is 23.3. The summed E-state index contributed by atoms with van der Waals surface area (Å²) >= 11 is 16.0. The number of halogens is 2. The zero-order valence-electron chi connectivity index (χ0n) is 47.2. The highest BCUT2D eigenvalue weighted by Crippen LogP contribution is 2.36. The van der Waals surface area contributed by atoms with E-state index in [0.717, 1.165) is 62.2 Å². The first-order valence-electron chi connectivity index (χ1n) is 28.6. The second-order valence-corrected chi connectivity index (χ2v) is 49.7. The second-order valence-electron chi connectivity index (χ2n) is 21.4. The molecule has 0 atom stereocenters. The van der Waals surface area contributed by atoms with Gasteiger partial charge in [-0.2, -0.15) is 0 Å². The minimum absolute atomic E-state index is 0.785. The summed E-state index contributed by atoms with van der Waals surface area (Å²) in [6.07, 6.45) is 0. The number of hydrogen-bond donors (Lipinski definition) is 0. The van der Waals surface area contributed by atoms with Gasteiger partial charge in [0.25, 0.3) is 0 Å².